The fraction of sp³-hybridized carbons (Fsp3) is 0.542. The molecule has 2 heterocycles. The number of fused-ring (bicyclic) bond motifs is 1. The van der Waals surface area contributed by atoms with Crippen molar-refractivity contribution in [1.82, 2.24) is 9.80 Å². The van der Waals surface area contributed by atoms with Gasteiger partial charge in [-0.3, -0.25) is 9.69 Å². The molecule has 2 aromatic rings. The van der Waals surface area contributed by atoms with Crippen molar-refractivity contribution >= 4 is 17.2 Å². The van der Waals surface area contributed by atoms with Crippen molar-refractivity contribution in [3.63, 3.8) is 0 Å². The van der Waals surface area contributed by atoms with Crippen LogP contribution in [-0.4, -0.2) is 73.4 Å². The van der Waals surface area contributed by atoms with Gasteiger partial charge in [0.05, 0.1) is 25.3 Å². The summed E-state index contributed by atoms with van der Waals surface area (Å²) in [6.45, 7) is 6.97. The van der Waals surface area contributed by atoms with Crippen LogP contribution in [0.3, 0.4) is 0 Å². The van der Waals surface area contributed by atoms with Crippen LogP contribution in [0.4, 0.5) is 0 Å². The van der Waals surface area contributed by atoms with Gasteiger partial charge in [0.2, 0.25) is 5.91 Å². The molecule has 0 fully saturated rings. The first kappa shape index (κ1) is 23.7. The molecule has 7 heteroatoms. The third-order valence-electron chi connectivity index (χ3n) is 5.75. The molecule has 0 saturated heterocycles. The summed E-state index contributed by atoms with van der Waals surface area (Å²) in [6, 6.07) is 10.0. The lowest BCUT2D eigenvalue weighted by Gasteiger charge is -2.37. The van der Waals surface area contributed by atoms with Crippen molar-refractivity contribution in [2.24, 2.45) is 0 Å². The van der Waals surface area contributed by atoms with E-state index in [1.54, 1.807) is 18.4 Å². The predicted molar refractivity (Wildman–Crippen MR) is 124 cm³/mol. The fourth-order valence-electron chi connectivity index (χ4n) is 3.85. The maximum atomic E-state index is 13.3. The molecule has 1 aromatic carbocycles. The van der Waals surface area contributed by atoms with Gasteiger partial charge in [-0.05, 0) is 48.9 Å². The van der Waals surface area contributed by atoms with Crippen LogP contribution in [0, 0.1) is 6.92 Å². The van der Waals surface area contributed by atoms with Gasteiger partial charge in [-0.1, -0.05) is 24.6 Å². The summed E-state index contributed by atoms with van der Waals surface area (Å²) < 4.78 is 11.3. The van der Waals surface area contributed by atoms with Crippen LogP contribution in [0.2, 0.25) is 0 Å². The highest BCUT2D eigenvalue weighted by Crippen LogP contribution is 2.34. The predicted octanol–water partition coefficient (Wildman–Crippen LogP) is 3.28. The zero-order valence-electron chi connectivity index (χ0n) is 18.8. The number of hydrogen-bond donors (Lipinski definition) is 1. The number of methoxy groups -OCH3 is 1. The number of carbonyl (C=O) groups is 1. The number of rotatable bonds is 11. The monoisotopic (exact) mass is 446 g/mol. The maximum absolute atomic E-state index is 13.3. The molecule has 3 rings (SSSR count). The Bertz CT molecular complexity index is 823. The maximum Gasteiger partial charge on any atom is 0.237 e. The minimum absolute atomic E-state index is 0.0637. The van der Waals surface area contributed by atoms with Gasteiger partial charge in [-0.15, -0.1) is 11.3 Å². The molecule has 1 aromatic heterocycles. The third kappa shape index (κ3) is 6.53. The summed E-state index contributed by atoms with van der Waals surface area (Å²) in [5, 5.41) is 12.2. The Morgan fingerprint density at radius 2 is 2.10 bits per heavy atom. The number of thiophene rings is 1. The van der Waals surface area contributed by atoms with Crippen molar-refractivity contribution in [3.05, 3.63) is 51.7 Å². The van der Waals surface area contributed by atoms with E-state index in [1.807, 2.05) is 47.9 Å². The lowest BCUT2D eigenvalue weighted by Crippen LogP contribution is -2.48. The van der Waals surface area contributed by atoms with Gasteiger partial charge in [-0.25, -0.2) is 0 Å². The first-order valence-corrected chi connectivity index (χ1v) is 11.8. The summed E-state index contributed by atoms with van der Waals surface area (Å²) in [5.74, 6) is 0.877. The van der Waals surface area contributed by atoms with E-state index in [1.165, 1.54) is 16.0 Å². The topological polar surface area (TPSA) is 62.2 Å². The molecule has 0 unspecified atom stereocenters. The van der Waals surface area contributed by atoms with E-state index in [4.69, 9.17) is 9.47 Å². The molecule has 1 aliphatic heterocycles. The number of amides is 1. The minimum atomic E-state index is -0.449. The third-order valence-corrected chi connectivity index (χ3v) is 6.75. The summed E-state index contributed by atoms with van der Waals surface area (Å²) in [6.07, 6.45) is 1.08. The Morgan fingerprint density at radius 3 is 2.81 bits per heavy atom. The minimum Gasteiger partial charge on any atom is -0.491 e. The molecular formula is C24H34N2O4S. The number of benzene rings is 1. The number of carbonyl (C=O) groups excluding carboxylic acids is 1. The first-order chi connectivity index (χ1) is 15.0. The Morgan fingerprint density at radius 1 is 1.32 bits per heavy atom. The van der Waals surface area contributed by atoms with E-state index < -0.39 is 6.10 Å². The van der Waals surface area contributed by atoms with Crippen molar-refractivity contribution in [2.75, 3.05) is 46.5 Å². The molecule has 0 aliphatic carbocycles. The van der Waals surface area contributed by atoms with Gasteiger partial charge in [0.25, 0.3) is 0 Å². The second kappa shape index (κ2) is 11.6. The SMILES string of the molecule is CC[C@H](O)CN(CCOC)CC(=O)N1CCc2sccc2[C@H]1COc1ccc(C)cc1. The van der Waals surface area contributed by atoms with E-state index in [9.17, 15) is 9.90 Å². The summed E-state index contributed by atoms with van der Waals surface area (Å²) >= 11 is 1.75. The highest BCUT2D eigenvalue weighted by Gasteiger charge is 2.33. The lowest BCUT2D eigenvalue weighted by atomic mass is 10.0. The normalized spacial score (nSPS) is 16.9. The molecule has 6 nitrogen and oxygen atoms in total. The molecule has 0 radical (unpaired) electrons. The largest absolute Gasteiger partial charge is 0.491 e. The summed E-state index contributed by atoms with van der Waals surface area (Å²) in [5.41, 5.74) is 2.38. The van der Waals surface area contributed by atoms with E-state index in [0.29, 0.717) is 39.3 Å². The summed E-state index contributed by atoms with van der Waals surface area (Å²) in [4.78, 5) is 18.6. The van der Waals surface area contributed by atoms with Gasteiger partial charge in [-0.2, -0.15) is 0 Å². The van der Waals surface area contributed by atoms with Gasteiger partial charge in [0.1, 0.15) is 12.4 Å². The molecule has 1 amide bonds. The van der Waals surface area contributed by atoms with Gasteiger partial charge in [0, 0.05) is 31.6 Å². The number of aryl methyl sites for hydroxylation is 1. The van der Waals surface area contributed by atoms with Crippen molar-refractivity contribution < 1.29 is 19.4 Å². The molecule has 0 bridgehead atoms. The van der Waals surface area contributed by atoms with E-state index in [0.717, 1.165) is 12.2 Å². The number of hydrogen-bond acceptors (Lipinski definition) is 6. The molecule has 170 valence electrons. The van der Waals surface area contributed by atoms with Crippen LogP contribution >= 0.6 is 11.3 Å². The van der Waals surface area contributed by atoms with Gasteiger partial charge < -0.3 is 19.5 Å². The van der Waals surface area contributed by atoms with Crippen LogP contribution < -0.4 is 4.74 Å². The zero-order valence-corrected chi connectivity index (χ0v) is 19.6. The number of nitrogens with zero attached hydrogens (tertiary/aromatic N) is 2. The Hall–Kier alpha value is -1.93. The molecule has 2 atom stereocenters. The molecule has 31 heavy (non-hydrogen) atoms. The molecule has 1 aliphatic rings. The highest BCUT2D eigenvalue weighted by molar-refractivity contribution is 7.10. The first-order valence-electron chi connectivity index (χ1n) is 11.0. The van der Waals surface area contributed by atoms with Crippen molar-refractivity contribution in [2.45, 2.75) is 38.8 Å². The van der Waals surface area contributed by atoms with Crippen molar-refractivity contribution in [1.29, 1.82) is 0 Å². The van der Waals surface area contributed by atoms with Crippen molar-refractivity contribution in [3.8, 4) is 5.75 Å². The van der Waals surface area contributed by atoms with Crippen LogP contribution in [0.15, 0.2) is 35.7 Å². The number of aliphatic hydroxyl groups excluding tert-OH is 1. The van der Waals surface area contributed by atoms with E-state index in [2.05, 4.69) is 11.4 Å². The smallest absolute Gasteiger partial charge is 0.237 e. The zero-order chi connectivity index (χ0) is 22.2. The van der Waals surface area contributed by atoms with E-state index in [-0.39, 0.29) is 18.5 Å². The molecule has 1 N–H and O–H groups in total. The van der Waals surface area contributed by atoms with Crippen LogP contribution in [0.25, 0.3) is 0 Å². The van der Waals surface area contributed by atoms with Crippen LogP contribution in [-0.2, 0) is 16.0 Å². The number of aliphatic hydroxyl groups is 1. The Labute approximate surface area is 189 Å². The fourth-order valence-corrected chi connectivity index (χ4v) is 4.78. The van der Waals surface area contributed by atoms with Crippen LogP contribution in [0.1, 0.15) is 35.4 Å². The molecular weight excluding hydrogens is 412 g/mol. The van der Waals surface area contributed by atoms with E-state index >= 15 is 0 Å². The molecule has 0 spiro atoms. The second-order valence-corrected chi connectivity index (χ2v) is 9.07. The number of ether oxygens (including phenoxy) is 2. The molecule has 0 saturated carbocycles. The quantitative estimate of drug-likeness (QED) is 0.574. The highest BCUT2D eigenvalue weighted by atomic mass is 32.1. The lowest BCUT2D eigenvalue weighted by molar-refractivity contribution is -0.136. The summed E-state index contributed by atoms with van der Waals surface area (Å²) in [7, 11) is 1.65. The second-order valence-electron chi connectivity index (χ2n) is 8.07. The average molecular weight is 447 g/mol. The van der Waals surface area contributed by atoms with Gasteiger partial charge >= 0.3 is 0 Å². The Balaban J connectivity index is 1.71. The van der Waals surface area contributed by atoms with Crippen LogP contribution in [0.5, 0.6) is 5.75 Å². The average Bonchev–Trinajstić information content (AvgIpc) is 3.25. The Kier molecular flexibility index (Phi) is 8.90. The standard InChI is InChI=1S/C24H34N2O4S/c1-4-19(27)15-25(12-13-29-3)16-24(28)26-11-9-23-21(10-14-31-23)22(26)17-30-20-7-5-18(2)6-8-20/h5-8,10,14,19,22,27H,4,9,11-13,15-17H2,1-3H3/t19-,22+/m0/s1. The van der Waals surface area contributed by atoms with Gasteiger partial charge in [0.15, 0.2) is 0 Å².